The maximum Gasteiger partial charge on any atom is 0.264 e. The highest BCUT2D eigenvalue weighted by Crippen LogP contribution is 2.27. The van der Waals surface area contributed by atoms with E-state index in [9.17, 15) is 13.2 Å². The molecule has 0 aliphatic carbocycles. The van der Waals surface area contributed by atoms with E-state index >= 15 is 0 Å². The van der Waals surface area contributed by atoms with Crippen LogP contribution in [-0.4, -0.2) is 27.0 Å². The van der Waals surface area contributed by atoms with Crippen LogP contribution in [0.5, 0.6) is 5.75 Å². The third kappa shape index (κ3) is 5.02. The summed E-state index contributed by atoms with van der Waals surface area (Å²) in [7, 11) is 1.43. The summed E-state index contributed by atoms with van der Waals surface area (Å²) in [6.07, 6.45) is 0.803. The molecule has 1 N–H and O–H groups in total. The van der Waals surface area contributed by atoms with Gasteiger partial charge in [-0.3, -0.25) is 4.79 Å². The van der Waals surface area contributed by atoms with Gasteiger partial charge in [-0.2, -0.15) is 0 Å². The van der Waals surface area contributed by atoms with E-state index in [0.717, 1.165) is 12.0 Å². The average molecular weight is 320 g/mol. The Labute approximate surface area is 123 Å². The lowest BCUT2D eigenvalue weighted by Gasteiger charge is -2.13. The van der Waals surface area contributed by atoms with Crippen LogP contribution in [0.4, 0.5) is 0 Å². The largest absolute Gasteiger partial charge is 0.482 e. The van der Waals surface area contributed by atoms with E-state index in [0.29, 0.717) is 0 Å². The highest BCUT2D eigenvalue weighted by Gasteiger charge is 2.18. The molecule has 0 bridgehead atoms. The molecule has 112 valence electrons. The molecule has 0 aromatic heterocycles. The lowest BCUT2D eigenvalue weighted by Crippen LogP contribution is -2.35. The van der Waals surface area contributed by atoms with Crippen LogP contribution < -0.4 is 10.1 Å². The number of hydrogen-bond acceptors (Lipinski definition) is 4. The first kappa shape index (κ1) is 16.8. The number of amides is 1. The van der Waals surface area contributed by atoms with Gasteiger partial charge < -0.3 is 10.1 Å². The van der Waals surface area contributed by atoms with Gasteiger partial charge in [-0.05, 0) is 38.0 Å². The molecule has 1 amide bonds. The Morgan fingerprint density at radius 1 is 1.45 bits per heavy atom. The maximum atomic E-state index is 11.6. The van der Waals surface area contributed by atoms with Gasteiger partial charge in [0, 0.05) is 16.7 Å². The third-order valence-electron chi connectivity index (χ3n) is 2.74. The van der Waals surface area contributed by atoms with Gasteiger partial charge >= 0.3 is 0 Å². The third-order valence-corrected chi connectivity index (χ3v) is 4.08. The molecule has 0 fully saturated rings. The zero-order valence-electron chi connectivity index (χ0n) is 11.6. The van der Waals surface area contributed by atoms with Crippen molar-refractivity contribution < 1.29 is 17.9 Å². The molecule has 7 heteroatoms. The lowest BCUT2D eigenvalue weighted by molar-refractivity contribution is -0.123. The zero-order chi connectivity index (χ0) is 15.3. The number of aryl methyl sites for hydroxylation is 1. The Kier molecular flexibility index (Phi) is 5.83. The Bertz CT molecular complexity index is 586. The molecule has 1 aromatic carbocycles. The monoisotopic (exact) mass is 319 g/mol. The molecule has 0 heterocycles. The van der Waals surface area contributed by atoms with Crippen molar-refractivity contribution >= 4 is 25.6 Å². The molecule has 0 saturated carbocycles. The van der Waals surface area contributed by atoms with Crippen molar-refractivity contribution in [3.63, 3.8) is 0 Å². The Morgan fingerprint density at radius 2 is 2.10 bits per heavy atom. The summed E-state index contributed by atoms with van der Waals surface area (Å²) >= 11 is 0. The zero-order valence-corrected chi connectivity index (χ0v) is 13.2. The van der Waals surface area contributed by atoms with Crippen LogP contribution in [0.1, 0.15) is 25.8 Å². The van der Waals surface area contributed by atoms with Crippen LogP contribution in [0, 0.1) is 6.92 Å². The molecule has 0 aliphatic rings. The number of ether oxygens (including phenoxy) is 1. The van der Waals surface area contributed by atoms with Gasteiger partial charge in [0.25, 0.3) is 15.0 Å². The van der Waals surface area contributed by atoms with Crippen molar-refractivity contribution in [2.45, 2.75) is 38.1 Å². The minimum Gasteiger partial charge on any atom is -0.482 e. The first-order chi connectivity index (χ1) is 9.24. The summed E-state index contributed by atoms with van der Waals surface area (Å²) in [5.41, 5.74) is 0.737. The molecule has 1 atom stereocenters. The first-order valence-corrected chi connectivity index (χ1v) is 8.52. The second-order valence-electron chi connectivity index (χ2n) is 4.55. The predicted octanol–water partition coefficient (Wildman–Crippen LogP) is 2.22. The number of hydrogen-bond donors (Lipinski definition) is 1. The number of carbonyl (C=O) groups is 1. The van der Waals surface area contributed by atoms with E-state index in [1.54, 1.807) is 13.0 Å². The number of halogens is 1. The first-order valence-electron chi connectivity index (χ1n) is 6.21. The van der Waals surface area contributed by atoms with Crippen LogP contribution in [0.15, 0.2) is 23.1 Å². The van der Waals surface area contributed by atoms with Gasteiger partial charge in [0.2, 0.25) is 0 Å². The Morgan fingerprint density at radius 3 is 2.65 bits per heavy atom. The summed E-state index contributed by atoms with van der Waals surface area (Å²) in [6.45, 7) is 5.31. The van der Waals surface area contributed by atoms with Crippen molar-refractivity contribution in [3.05, 3.63) is 23.8 Å². The van der Waals surface area contributed by atoms with Gasteiger partial charge in [-0.15, -0.1) is 0 Å². The van der Waals surface area contributed by atoms with Crippen molar-refractivity contribution in [1.82, 2.24) is 5.32 Å². The van der Waals surface area contributed by atoms with Crippen LogP contribution in [0.25, 0.3) is 0 Å². The van der Waals surface area contributed by atoms with E-state index in [2.05, 4.69) is 5.32 Å². The highest BCUT2D eigenvalue weighted by molar-refractivity contribution is 8.13. The average Bonchev–Trinajstić information content (AvgIpc) is 2.36. The van der Waals surface area contributed by atoms with E-state index in [1.165, 1.54) is 12.1 Å². The molecule has 1 unspecified atom stereocenters. The number of rotatable bonds is 6. The van der Waals surface area contributed by atoms with Crippen LogP contribution in [0.3, 0.4) is 0 Å². The smallest absolute Gasteiger partial charge is 0.264 e. The van der Waals surface area contributed by atoms with E-state index in [4.69, 9.17) is 15.4 Å². The fourth-order valence-corrected chi connectivity index (χ4v) is 2.54. The van der Waals surface area contributed by atoms with Crippen LogP contribution in [0.2, 0.25) is 0 Å². The fourth-order valence-electron chi connectivity index (χ4n) is 1.49. The molecule has 0 spiro atoms. The Hall–Kier alpha value is -1.27. The van der Waals surface area contributed by atoms with Crippen molar-refractivity contribution in [2.75, 3.05) is 6.61 Å². The van der Waals surface area contributed by atoms with Gasteiger partial charge in [0.15, 0.2) is 6.61 Å². The SMILES string of the molecule is CCC(C)NC(=O)COc1ccc(C)cc1S(=O)(=O)Cl. The normalized spacial score (nSPS) is 12.8. The fraction of sp³-hybridized carbons (Fsp3) is 0.462. The van der Waals surface area contributed by atoms with Gasteiger partial charge in [-0.1, -0.05) is 13.0 Å². The van der Waals surface area contributed by atoms with Crippen molar-refractivity contribution in [2.24, 2.45) is 0 Å². The topological polar surface area (TPSA) is 72.5 Å². The summed E-state index contributed by atoms with van der Waals surface area (Å²) in [5.74, 6) is -0.234. The van der Waals surface area contributed by atoms with Gasteiger partial charge in [-0.25, -0.2) is 8.42 Å². The predicted molar refractivity (Wildman–Crippen MR) is 77.6 cm³/mol. The van der Waals surface area contributed by atoms with E-state index < -0.39 is 9.05 Å². The summed E-state index contributed by atoms with van der Waals surface area (Å²) in [4.78, 5) is 11.5. The maximum absolute atomic E-state index is 11.6. The second-order valence-corrected chi connectivity index (χ2v) is 7.09. The van der Waals surface area contributed by atoms with E-state index in [-0.39, 0.29) is 29.2 Å². The van der Waals surface area contributed by atoms with Crippen molar-refractivity contribution in [3.8, 4) is 5.75 Å². The van der Waals surface area contributed by atoms with Crippen molar-refractivity contribution in [1.29, 1.82) is 0 Å². The van der Waals surface area contributed by atoms with Crippen LogP contribution in [-0.2, 0) is 13.8 Å². The molecule has 1 aromatic rings. The molecule has 20 heavy (non-hydrogen) atoms. The minimum absolute atomic E-state index is 0.0420. The molecule has 0 saturated heterocycles. The standard InChI is InChI=1S/C13H18ClNO4S/c1-4-10(3)15-13(16)8-19-11-6-5-9(2)7-12(11)20(14,17)18/h5-7,10H,4,8H2,1-3H3,(H,15,16). The lowest BCUT2D eigenvalue weighted by atomic mass is 10.2. The van der Waals surface area contributed by atoms with Gasteiger partial charge in [0.05, 0.1) is 0 Å². The number of carbonyl (C=O) groups excluding carboxylic acids is 1. The number of benzene rings is 1. The molecule has 1 rings (SSSR count). The summed E-state index contributed by atoms with van der Waals surface area (Å²) in [6, 6.07) is 4.62. The summed E-state index contributed by atoms with van der Waals surface area (Å²) < 4.78 is 28.2. The highest BCUT2D eigenvalue weighted by atomic mass is 35.7. The quantitative estimate of drug-likeness (QED) is 0.816. The summed E-state index contributed by atoms with van der Waals surface area (Å²) in [5, 5.41) is 2.72. The number of nitrogens with one attached hydrogen (secondary N) is 1. The molecular formula is C13H18ClNO4S. The minimum atomic E-state index is -3.92. The molecular weight excluding hydrogens is 302 g/mol. The molecule has 5 nitrogen and oxygen atoms in total. The van der Waals surface area contributed by atoms with E-state index in [1.807, 2.05) is 13.8 Å². The second kappa shape index (κ2) is 6.95. The van der Waals surface area contributed by atoms with Gasteiger partial charge in [0.1, 0.15) is 10.6 Å². The molecule has 0 aliphatic heterocycles. The van der Waals surface area contributed by atoms with Crippen LogP contribution >= 0.6 is 10.7 Å². The Balaban J connectivity index is 2.81. The molecule has 0 radical (unpaired) electrons.